The molecule has 0 saturated carbocycles. The Kier molecular flexibility index (Phi) is 3.48. The maximum absolute atomic E-state index is 13.5. The Morgan fingerprint density at radius 1 is 1.29 bits per heavy atom. The van der Waals surface area contributed by atoms with E-state index in [1.165, 1.54) is 6.07 Å². The molecule has 0 aliphatic rings. The summed E-state index contributed by atoms with van der Waals surface area (Å²) < 4.78 is 15.3. The predicted octanol–water partition coefficient (Wildman–Crippen LogP) is 3.43. The largest absolute Gasteiger partial charge is 0.265 e. The lowest BCUT2D eigenvalue weighted by Crippen LogP contribution is -2.05. The van der Waals surface area contributed by atoms with Crippen molar-refractivity contribution >= 4 is 11.6 Å². The molecule has 1 aromatic heterocycles. The van der Waals surface area contributed by atoms with Gasteiger partial charge in [0.25, 0.3) is 0 Å². The van der Waals surface area contributed by atoms with Crippen molar-refractivity contribution in [3.05, 3.63) is 52.6 Å². The second kappa shape index (κ2) is 4.88. The standard InChI is InChI=1S/C13H14ClFN2/c1-9-12(7-14)10(2)17(16-9)8-11-5-3-4-6-13(11)15/h3-6H,7-8H2,1-2H3. The first-order chi connectivity index (χ1) is 8.13. The predicted molar refractivity (Wildman–Crippen MR) is 66.8 cm³/mol. The van der Waals surface area contributed by atoms with Gasteiger partial charge in [0.1, 0.15) is 5.82 Å². The molecule has 0 unspecified atom stereocenters. The summed E-state index contributed by atoms with van der Waals surface area (Å²) in [7, 11) is 0. The van der Waals surface area contributed by atoms with E-state index in [2.05, 4.69) is 5.10 Å². The van der Waals surface area contributed by atoms with Crippen LogP contribution in [0.15, 0.2) is 24.3 Å². The second-order valence-corrected chi connectivity index (χ2v) is 4.30. The van der Waals surface area contributed by atoms with Crippen LogP contribution in [0.4, 0.5) is 4.39 Å². The molecule has 0 radical (unpaired) electrons. The first-order valence-electron chi connectivity index (χ1n) is 5.45. The van der Waals surface area contributed by atoms with Crippen LogP contribution in [0.5, 0.6) is 0 Å². The number of rotatable bonds is 3. The second-order valence-electron chi connectivity index (χ2n) is 4.03. The van der Waals surface area contributed by atoms with Crippen molar-refractivity contribution < 1.29 is 4.39 Å². The Balaban J connectivity index is 2.34. The SMILES string of the molecule is Cc1nn(Cc2ccccc2F)c(C)c1CCl. The van der Waals surface area contributed by atoms with Crippen LogP contribution in [-0.2, 0) is 12.4 Å². The van der Waals surface area contributed by atoms with Crippen molar-refractivity contribution in [2.24, 2.45) is 0 Å². The summed E-state index contributed by atoms with van der Waals surface area (Å²) in [4.78, 5) is 0. The van der Waals surface area contributed by atoms with Crippen LogP contribution in [0.25, 0.3) is 0 Å². The van der Waals surface area contributed by atoms with Crippen molar-refractivity contribution in [1.82, 2.24) is 9.78 Å². The smallest absolute Gasteiger partial charge is 0.128 e. The van der Waals surface area contributed by atoms with Crippen molar-refractivity contribution in [2.45, 2.75) is 26.3 Å². The number of benzene rings is 1. The average Bonchev–Trinajstić information content (AvgIpc) is 2.57. The van der Waals surface area contributed by atoms with E-state index in [9.17, 15) is 4.39 Å². The van der Waals surface area contributed by atoms with E-state index in [0.717, 1.165) is 17.0 Å². The van der Waals surface area contributed by atoms with Gasteiger partial charge in [-0.2, -0.15) is 5.10 Å². The lowest BCUT2D eigenvalue weighted by atomic mass is 10.2. The molecule has 0 spiro atoms. The maximum atomic E-state index is 13.5. The summed E-state index contributed by atoms with van der Waals surface area (Å²) in [5, 5.41) is 4.38. The molecule has 1 heterocycles. The summed E-state index contributed by atoms with van der Waals surface area (Å²) in [6.45, 7) is 4.32. The zero-order chi connectivity index (χ0) is 12.4. The van der Waals surface area contributed by atoms with Gasteiger partial charge in [0, 0.05) is 16.8 Å². The molecule has 17 heavy (non-hydrogen) atoms. The molecule has 0 saturated heterocycles. The number of hydrogen-bond donors (Lipinski definition) is 0. The molecule has 2 aromatic rings. The van der Waals surface area contributed by atoms with Gasteiger partial charge in [-0.25, -0.2) is 4.39 Å². The number of alkyl halides is 1. The highest BCUT2D eigenvalue weighted by molar-refractivity contribution is 6.17. The van der Waals surface area contributed by atoms with Gasteiger partial charge in [-0.3, -0.25) is 4.68 Å². The van der Waals surface area contributed by atoms with E-state index in [1.54, 1.807) is 16.8 Å². The van der Waals surface area contributed by atoms with Gasteiger partial charge < -0.3 is 0 Å². The lowest BCUT2D eigenvalue weighted by molar-refractivity contribution is 0.578. The summed E-state index contributed by atoms with van der Waals surface area (Å²) in [6, 6.07) is 6.74. The van der Waals surface area contributed by atoms with Crippen LogP contribution >= 0.6 is 11.6 Å². The van der Waals surface area contributed by atoms with Gasteiger partial charge in [0.15, 0.2) is 0 Å². The first kappa shape index (κ1) is 12.1. The van der Waals surface area contributed by atoms with E-state index in [1.807, 2.05) is 19.9 Å². The van der Waals surface area contributed by atoms with Crippen molar-refractivity contribution in [1.29, 1.82) is 0 Å². The molecule has 2 nitrogen and oxygen atoms in total. The number of nitrogens with zero attached hydrogens (tertiary/aromatic N) is 2. The molecule has 0 atom stereocenters. The van der Waals surface area contributed by atoms with E-state index in [4.69, 9.17) is 11.6 Å². The van der Waals surface area contributed by atoms with Gasteiger partial charge in [-0.1, -0.05) is 18.2 Å². The Hall–Kier alpha value is -1.35. The Morgan fingerprint density at radius 2 is 2.00 bits per heavy atom. The highest BCUT2D eigenvalue weighted by atomic mass is 35.5. The fourth-order valence-electron chi connectivity index (χ4n) is 1.87. The third kappa shape index (κ3) is 2.34. The Bertz CT molecular complexity index is 534. The third-order valence-electron chi connectivity index (χ3n) is 2.94. The van der Waals surface area contributed by atoms with Crippen LogP contribution in [0.3, 0.4) is 0 Å². The number of aryl methyl sites for hydroxylation is 1. The monoisotopic (exact) mass is 252 g/mol. The highest BCUT2D eigenvalue weighted by Crippen LogP contribution is 2.17. The third-order valence-corrected chi connectivity index (χ3v) is 3.21. The summed E-state index contributed by atoms with van der Waals surface area (Å²) >= 11 is 5.86. The molecule has 1 aromatic carbocycles. The van der Waals surface area contributed by atoms with Crippen LogP contribution in [-0.4, -0.2) is 9.78 Å². The quantitative estimate of drug-likeness (QED) is 0.766. The van der Waals surface area contributed by atoms with Crippen LogP contribution in [0, 0.1) is 19.7 Å². The minimum Gasteiger partial charge on any atom is -0.265 e. The van der Waals surface area contributed by atoms with Gasteiger partial charge in [0.05, 0.1) is 18.1 Å². The summed E-state index contributed by atoms with van der Waals surface area (Å²) in [6.07, 6.45) is 0. The topological polar surface area (TPSA) is 17.8 Å². The molecule has 0 aliphatic heterocycles. The van der Waals surface area contributed by atoms with E-state index in [0.29, 0.717) is 18.0 Å². The van der Waals surface area contributed by atoms with Crippen LogP contribution in [0.1, 0.15) is 22.5 Å². The number of hydrogen-bond acceptors (Lipinski definition) is 1. The summed E-state index contributed by atoms with van der Waals surface area (Å²) in [5.41, 5.74) is 3.58. The van der Waals surface area contributed by atoms with Crippen molar-refractivity contribution in [3.8, 4) is 0 Å². The average molecular weight is 253 g/mol. The molecule has 0 bridgehead atoms. The Morgan fingerprint density at radius 3 is 2.59 bits per heavy atom. The molecule has 0 aliphatic carbocycles. The Labute approximate surface area is 105 Å². The van der Waals surface area contributed by atoms with E-state index < -0.39 is 0 Å². The van der Waals surface area contributed by atoms with Gasteiger partial charge in [-0.05, 0) is 19.9 Å². The maximum Gasteiger partial charge on any atom is 0.128 e. The van der Waals surface area contributed by atoms with E-state index >= 15 is 0 Å². The molecular formula is C13H14ClFN2. The fraction of sp³-hybridized carbons (Fsp3) is 0.308. The molecule has 0 amide bonds. The molecule has 90 valence electrons. The van der Waals surface area contributed by atoms with Crippen molar-refractivity contribution in [3.63, 3.8) is 0 Å². The van der Waals surface area contributed by atoms with E-state index in [-0.39, 0.29) is 5.82 Å². The van der Waals surface area contributed by atoms with Crippen LogP contribution < -0.4 is 0 Å². The zero-order valence-corrected chi connectivity index (χ0v) is 10.6. The fourth-order valence-corrected chi connectivity index (χ4v) is 2.26. The van der Waals surface area contributed by atoms with Crippen LogP contribution in [0.2, 0.25) is 0 Å². The minimum atomic E-state index is -0.201. The lowest BCUT2D eigenvalue weighted by Gasteiger charge is -2.06. The highest BCUT2D eigenvalue weighted by Gasteiger charge is 2.11. The molecule has 4 heteroatoms. The molecule has 0 N–H and O–H groups in total. The normalized spacial score (nSPS) is 10.8. The zero-order valence-electron chi connectivity index (χ0n) is 9.87. The molecule has 0 fully saturated rings. The van der Waals surface area contributed by atoms with Gasteiger partial charge in [0.2, 0.25) is 0 Å². The minimum absolute atomic E-state index is 0.201. The van der Waals surface area contributed by atoms with Crippen molar-refractivity contribution in [2.75, 3.05) is 0 Å². The van der Waals surface area contributed by atoms with Gasteiger partial charge in [-0.15, -0.1) is 11.6 Å². The molecule has 2 rings (SSSR count). The summed E-state index contributed by atoms with van der Waals surface area (Å²) in [5.74, 6) is 0.238. The first-order valence-corrected chi connectivity index (χ1v) is 5.99. The number of aromatic nitrogens is 2. The number of halogens is 2. The van der Waals surface area contributed by atoms with Gasteiger partial charge >= 0.3 is 0 Å². The molecular weight excluding hydrogens is 239 g/mol.